The number of anilines is 1. The van der Waals surface area contributed by atoms with E-state index < -0.39 is 0 Å². The van der Waals surface area contributed by atoms with Gasteiger partial charge in [0, 0.05) is 16.7 Å². The number of hydrogen-bond acceptors (Lipinski definition) is 4. The zero-order valence-electron chi connectivity index (χ0n) is 12.6. The largest absolute Gasteiger partial charge is 0.497 e. The molecule has 2 aromatic carbocycles. The molecule has 0 spiro atoms. The Morgan fingerprint density at radius 1 is 1.21 bits per heavy atom. The van der Waals surface area contributed by atoms with Gasteiger partial charge in [-0.2, -0.15) is 10.4 Å². The first-order valence-corrected chi connectivity index (χ1v) is 7.69. The van der Waals surface area contributed by atoms with Crippen LogP contribution in [0.1, 0.15) is 5.56 Å². The SMILES string of the molecule is COc1cccc(-n2nc(-c3ccc(Cl)cc3Cl)c(C#N)c2N)c1. The second kappa shape index (κ2) is 6.44. The van der Waals surface area contributed by atoms with E-state index in [-0.39, 0.29) is 11.4 Å². The molecular formula is C17H12Cl2N4O. The standard InChI is InChI=1S/C17H12Cl2N4O/c1-24-12-4-2-3-11(8-12)23-17(21)14(9-20)16(22-23)13-6-5-10(18)7-15(13)19/h2-8H,21H2,1H3. The zero-order chi connectivity index (χ0) is 17.3. The molecule has 3 aromatic rings. The van der Waals surface area contributed by atoms with Crippen molar-refractivity contribution in [2.45, 2.75) is 0 Å². The molecule has 7 heteroatoms. The van der Waals surface area contributed by atoms with Gasteiger partial charge in [0.2, 0.25) is 0 Å². The Morgan fingerprint density at radius 3 is 2.67 bits per heavy atom. The van der Waals surface area contributed by atoms with E-state index in [0.29, 0.717) is 32.7 Å². The fourth-order valence-electron chi connectivity index (χ4n) is 2.35. The summed E-state index contributed by atoms with van der Waals surface area (Å²) in [6, 6.07) is 14.3. The molecule has 1 heterocycles. The highest BCUT2D eigenvalue weighted by Crippen LogP contribution is 2.34. The number of nitriles is 1. The molecule has 120 valence electrons. The van der Waals surface area contributed by atoms with Gasteiger partial charge in [0.1, 0.15) is 28.9 Å². The number of aromatic nitrogens is 2. The molecule has 24 heavy (non-hydrogen) atoms. The van der Waals surface area contributed by atoms with Crippen LogP contribution in [0.5, 0.6) is 5.75 Å². The molecule has 0 atom stereocenters. The van der Waals surface area contributed by atoms with Crippen molar-refractivity contribution in [3.8, 4) is 28.8 Å². The van der Waals surface area contributed by atoms with Crippen LogP contribution in [0.25, 0.3) is 16.9 Å². The van der Waals surface area contributed by atoms with Crippen molar-refractivity contribution in [2.75, 3.05) is 12.8 Å². The predicted octanol–water partition coefficient (Wildman–Crippen LogP) is 4.31. The lowest BCUT2D eigenvalue weighted by molar-refractivity contribution is 0.414. The van der Waals surface area contributed by atoms with Crippen LogP contribution in [0.2, 0.25) is 10.0 Å². The second-order valence-corrected chi connectivity index (χ2v) is 5.80. The van der Waals surface area contributed by atoms with Gasteiger partial charge in [0.25, 0.3) is 0 Å². The highest BCUT2D eigenvalue weighted by Gasteiger charge is 2.20. The average Bonchev–Trinajstić information content (AvgIpc) is 2.91. The van der Waals surface area contributed by atoms with Gasteiger partial charge in [-0.3, -0.25) is 0 Å². The van der Waals surface area contributed by atoms with Gasteiger partial charge in [-0.05, 0) is 30.3 Å². The summed E-state index contributed by atoms with van der Waals surface area (Å²) in [5.74, 6) is 0.888. The van der Waals surface area contributed by atoms with E-state index in [1.165, 1.54) is 4.68 Å². The molecule has 0 aliphatic heterocycles. The first-order chi connectivity index (χ1) is 11.5. The van der Waals surface area contributed by atoms with Gasteiger partial charge in [-0.1, -0.05) is 29.3 Å². The van der Waals surface area contributed by atoms with Crippen LogP contribution in [0.3, 0.4) is 0 Å². The normalized spacial score (nSPS) is 10.4. The van der Waals surface area contributed by atoms with Gasteiger partial charge >= 0.3 is 0 Å². The van der Waals surface area contributed by atoms with Crippen LogP contribution >= 0.6 is 23.2 Å². The molecule has 0 amide bonds. The Hall–Kier alpha value is -2.68. The lowest BCUT2D eigenvalue weighted by Gasteiger charge is -2.06. The van der Waals surface area contributed by atoms with Crippen LogP contribution in [0.15, 0.2) is 42.5 Å². The van der Waals surface area contributed by atoms with E-state index >= 15 is 0 Å². The summed E-state index contributed by atoms with van der Waals surface area (Å²) in [6.07, 6.45) is 0. The first kappa shape index (κ1) is 16.2. The fraction of sp³-hybridized carbons (Fsp3) is 0.0588. The second-order valence-electron chi connectivity index (χ2n) is 4.96. The molecule has 0 saturated heterocycles. The third-order valence-electron chi connectivity index (χ3n) is 3.52. The van der Waals surface area contributed by atoms with E-state index in [4.69, 9.17) is 33.7 Å². The topological polar surface area (TPSA) is 76.9 Å². The van der Waals surface area contributed by atoms with Crippen molar-refractivity contribution in [3.63, 3.8) is 0 Å². The average molecular weight is 359 g/mol. The predicted molar refractivity (Wildman–Crippen MR) is 94.7 cm³/mol. The molecule has 1 aromatic heterocycles. The monoisotopic (exact) mass is 358 g/mol. The highest BCUT2D eigenvalue weighted by molar-refractivity contribution is 6.36. The molecular weight excluding hydrogens is 347 g/mol. The van der Waals surface area contributed by atoms with Crippen molar-refractivity contribution in [2.24, 2.45) is 0 Å². The molecule has 0 saturated carbocycles. The van der Waals surface area contributed by atoms with Crippen molar-refractivity contribution in [1.82, 2.24) is 9.78 Å². The third kappa shape index (κ3) is 2.78. The highest BCUT2D eigenvalue weighted by atomic mass is 35.5. The summed E-state index contributed by atoms with van der Waals surface area (Å²) >= 11 is 12.2. The Labute approximate surface area is 148 Å². The molecule has 0 unspecified atom stereocenters. The molecule has 2 N–H and O–H groups in total. The quantitative estimate of drug-likeness (QED) is 0.756. The maximum atomic E-state index is 9.49. The van der Waals surface area contributed by atoms with E-state index in [2.05, 4.69) is 11.2 Å². The molecule has 0 fully saturated rings. The minimum atomic E-state index is 0.228. The number of halogens is 2. The lowest BCUT2D eigenvalue weighted by atomic mass is 10.1. The Morgan fingerprint density at radius 2 is 2.00 bits per heavy atom. The summed E-state index contributed by atoms with van der Waals surface area (Å²) < 4.78 is 6.70. The molecule has 3 rings (SSSR count). The number of methoxy groups -OCH3 is 1. The number of nitrogens with zero attached hydrogens (tertiary/aromatic N) is 3. The molecule has 0 bridgehead atoms. The van der Waals surface area contributed by atoms with E-state index in [0.717, 1.165) is 0 Å². The van der Waals surface area contributed by atoms with Crippen molar-refractivity contribution >= 4 is 29.0 Å². The first-order valence-electron chi connectivity index (χ1n) is 6.93. The maximum Gasteiger partial charge on any atom is 0.145 e. The summed E-state index contributed by atoms with van der Waals surface area (Å²) in [5, 5.41) is 14.9. The smallest absolute Gasteiger partial charge is 0.145 e. The van der Waals surface area contributed by atoms with Crippen LogP contribution in [0.4, 0.5) is 5.82 Å². The molecule has 0 aliphatic rings. The summed E-state index contributed by atoms with van der Waals surface area (Å²) in [7, 11) is 1.57. The van der Waals surface area contributed by atoms with E-state index in [1.807, 2.05) is 18.2 Å². The van der Waals surface area contributed by atoms with E-state index in [1.54, 1.807) is 31.4 Å². The maximum absolute atomic E-state index is 9.49. The van der Waals surface area contributed by atoms with Gasteiger partial charge in [0.15, 0.2) is 0 Å². The Bertz CT molecular complexity index is 960. The van der Waals surface area contributed by atoms with Gasteiger partial charge in [0.05, 0.1) is 17.8 Å². The number of hydrogen-bond donors (Lipinski definition) is 1. The lowest BCUT2D eigenvalue weighted by Crippen LogP contribution is -2.02. The van der Waals surface area contributed by atoms with Gasteiger partial charge < -0.3 is 10.5 Å². The van der Waals surface area contributed by atoms with Crippen LogP contribution in [-0.2, 0) is 0 Å². The number of benzene rings is 2. The Kier molecular flexibility index (Phi) is 4.34. The summed E-state index contributed by atoms with van der Waals surface area (Å²) in [4.78, 5) is 0. The number of nitrogens with two attached hydrogens (primary N) is 1. The number of rotatable bonds is 3. The van der Waals surface area contributed by atoms with Crippen molar-refractivity contribution in [1.29, 1.82) is 5.26 Å². The zero-order valence-corrected chi connectivity index (χ0v) is 14.1. The summed E-state index contributed by atoms with van der Waals surface area (Å²) in [6.45, 7) is 0. The molecule has 0 aliphatic carbocycles. The fourth-order valence-corrected chi connectivity index (χ4v) is 2.85. The van der Waals surface area contributed by atoms with Crippen LogP contribution in [-0.4, -0.2) is 16.9 Å². The van der Waals surface area contributed by atoms with Gasteiger partial charge in [-0.25, -0.2) is 4.68 Å². The molecule has 5 nitrogen and oxygen atoms in total. The number of ether oxygens (including phenoxy) is 1. The minimum Gasteiger partial charge on any atom is -0.497 e. The van der Waals surface area contributed by atoms with E-state index in [9.17, 15) is 5.26 Å². The van der Waals surface area contributed by atoms with Gasteiger partial charge in [-0.15, -0.1) is 0 Å². The summed E-state index contributed by atoms with van der Waals surface area (Å²) in [5.41, 5.74) is 8.05. The third-order valence-corrected chi connectivity index (χ3v) is 4.06. The van der Waals surface area contributed by atoms with Crippen molar-refractivity contribution in [3.05, 3.63) is 58.1 Å². The minimum absolute atomic E-state index is 0.228. The van der Waals surface area contributed by atoms with Crippen molar-refractivity contribution < 1.29 is 4.74 Å². The van der Waals surface area contributed by atoms with Crippen LogP contribution in [0, 0.1) is 11.3 Å². The van der Waals surface area contributed by atoms with Crippen LogP contribution < -0.4 is 10.5 Å². The molecule has 0 radical (unpaired) electrons. The number of nitrogen functional groups attached to an aromatic ring is 1. The Balaban J connectivity index is 2.21.